The zero-order chi connectivity index (χ0) is 13.1. The Morgan fingerprint density at radius 1 is 1.39 bits per heavy atom. The maximum atomic E-state index is 11.7. The van der Waals surface area contributed by atoms with Crippen molar-refractivity contribution in [2.45, 2.75) is 13.3 Å². The second-order valence-electron chi connectivity index (χ2n) is 3.58. The molecular weight excluding hydrogens is 277 g/mol. The van der Waals surface area contributed by atoms with Crippen molar-refractivity contribution in [1.29, 1.82) is 0 Å². The summed E-state index contributed by atoms with van der Waals surface area (Å²) in [6, 6.07) is 4.84. The van der Waals surface area contributed by atoms with E-state index < -0.39 is 0 Å². The van der Waals surface area contributed by atoms with Crippen molar-refractivity contribution in [3.8, 4) is 0 Å². The van der Waals surface area contributed by atoms with Crippen molar-refractivity contribution in [3.63, 3.8) is 0 Å². The fourth-order valence-corrected chi connectivity index (χ4v) is 1.63. The van der Waals surface area contributed by atoms with Gasteiger partial charge in [0.2, 0.25) is 11.8 Å². The van der Waals surface area contributed by atoms with Gasteiger partial charge in [0, 0.05) is 12.6 Å². The van der Waals surface area contributed by atoms with Crippen LogP contribution < -0.4 is 5.32 Å². The molecule has 18 heavy (non-hydrogen) atoms. The van der Waals surface area contributed by atoms with E-state index in [0.717, 1.165) is 0 Å². The molecular formula is C11H9Cl2N3O2. The third-order valence-electron chi connectivity index (χ3n) is 2.09. The van der Waals surface area contributed by atoms with E-state index in [2.05, 4.69) is 15.5 Å². The number of amides is 1. The van der Waals surface area contributed by atoms with E-state index in [0.29, 0.717) is 27.4 Å². The number of carbonyl (C=O) groups is 1. The lowest BCUT2D eigenvalue weighted by molar-refractivity contribution is -0.115. The molecule has 0 unspecified atom stereocenters. The molecule has 1 aromatic carbocycles. The van der Waals surface area contributed by atoms with Crippen molar-refractivity contribution in [2.75, 3.05) is 5.32 Å². The standard InChI is InChI=1S/C11H9Cl2N3O2/c1-6-14-10(16-18-6)5-11(17)15-7-2-3-8(12)9(13)4-7/h2-4H,5H2,1H3,(H,15,17). The van der Waals surface area contributed by atoms with E-state index in [9.17, 15) is 4.79 Å². The van der Waals surface area contributed by atoms with Crippen molar-refractivity contribution in [1.82, 2.24) is 10.1 Å². The second-order valence-corrected chi connectivity index (χ2v) is 4.40. The van der Waals surface area contributed by atoms with E-state index in [-0.39, 0.29) is 12.3 Å². The monoisotopic (exact) mass is 285 g/mol. The summed E-state index contributed by atoms with van der Waals surface area (Å²) in [5, 5.41) is 7.11. The van der Waals surface area contributed by atoms with Crippen LogP contribution in [0.4, 0.5) is 5.69 Å². The predicted octanol–water partition coefficient (Wildman–Crippen LogP) is 2.87. The van der Waals surface area contributed by atoms with Gasteiger partial charge in [-0.05, 0) is 18.2 Å². The molecule has 0 atom stereocenters. The van der Waals surface area contributed by atoms with Gasteiger partial charge in [-0.3, -0.25) is 4.79 Å². The molecule has 2 rings (SSSR count). The molecule has 1 heterocycles. The number of rotatable bonds is 3. The summed E-state index contributed by atoms with van der Waals surface area (Å²) < 4.78 is 4.77. The summed E-state index contributed by atoms with van der Waals surface area (Å²) in [5.41, 5.74) is 0.564. The number of benzene rings is 1. The third-order valence-corrected chi connectivity index (χ3v) is 2.83. The first-order chi connectivity index (χ1) is 8.54. The summed E-state index contributed by atoms with van der Waals surface area (Å²) >= 11 is 11.6. The molecule has 1 N–H and O–H groups in total. The summed E-state index contributed by atoms with van der Waals surface area (Å²) in [7, 11) is 0. The maximum Gasteiger partial charge on any atom is 0.232 e. The molecule has 5 nitrogen and oxygen atoms in total. The lowest BCUT2D eigenvalue weighted by Crippen LogP contribution is -2.15. The molecule has 7 heteroatoms. The molecule has 94 valence electrons. The zero-order valence-corrected chi connectivity index (χ0v) is 10.9. The Hall–Kier alpha value is -1.59. The van der Waals surface area contributed by atoms with E-state index in [4.69, 9.17) is 27.7 Å². The molecule has 2 aromatic rings. The van der Waals surface area contributed by atoms with Crippen LogP contribution in [-0.2, 0) is 11.2 Å². The van der Waals surface area contributed by atoms with Gasteiger partial charge >= 0.3 is 0 Å². The Morgan fingerprint density at radius 3 is 2.78 bits per heavy atom. The molecule has 0 saturated heterocycles. The summed E-state index contributed by atoms with van der Waals surface area (Å²) in [5.74, 6) is 0.506. The summed E-state index contributed by atoms with van der Waals surface area (Å²) in [6.07, 6.45) is 0.0393. The van der Waals surface area contributed by atoms with Crippen LogP contribution in [0.3, 0.4) is 0 Å². The summed E-state index contributed by atoms with van der Waals surface area (Å²) in [6.45, 7) is 1.66. The van der Waals surface area contributed by atoms with Crippen molar-refractivity contribution in [2.24, 2.45) is 0 Å². The van der Waals surface area contributed by atoms with E-state index in [1.807, 2.05) is 0 Å². The van der Waals surface area contributed by atoms with Gasteiger partial charge in [0.1, 0.15) is 0 Å². The molecule has 0 aliphatic carbocycles. The van der Waals surface area contributed by atoms with Crippen molar-refractivity contribution in [3.05, 3.63) is 40.0 Å². The fraction of sp³-hybridized carbons (Fsp3) is 0.182. The number of carbonyl (C=O) groups excluding carboxylic acids is 1. The number of aromatic nitrogens is 2. The van der Waals surface area contributed by atoms with Gasteiger partial charge in [-0.15, -0.1) is 0 Å². The number of anilines is 1. The Labute approximate surface area is 113 Å². The normalized spacial score (nSPS) is 10.4. The third kappa shape index (κ3) is 3.21. The van der Waals surface area contributed by atoms with Gasteiger partial charge in [-0.2, -0.15) is 4.98 Å². The van der Waals surface area contributed by atoms with Crippen molar-refractivity contribution < 1.29 is 9.32 Å². The quantitative estimate of drug-likeness (QED) is 0.942. The van der Waals surface area contributed by atoms with Gasteiger partial charge in [0.25, 0.3) is 0 Å². The molecule has 0 aliphatic heterocycles. The number of halogens is 2. The highest BCUT2D eigenvalue weighted by Crippen LogP contribution is 2.24. The van der Waals surface area contributed by atoms with Crippen LogP contribution in [0.1, 0.15) is 11.7 Å². The van der Waals surface area contributed by atoms with Gasteiger partial charge < -0.3 is 9.84 Å². The second kappa shape index (κ2) is 5.37. The van der Waals surface area contributed by atoms with Crippen LogP contribution in [0.25, 0.3) is 0 Å². The smallest absolute Gasteiger partial charge is 0.232 e. The molecule has 1 aromatic heterocycles. The lowest BCUT2D eigenvalue weighted by atomic mass is 10.3. The minimum absolute atomic E-state index is 0.0393. The Balaban J connectivity index is 2.00. The van der Waals surface area contributed by atoms with Gasteiger partial charge in [0.05, 0.1) is 16.5 Å². The molecule has 0 bridgehead atoms. The van der Waals surface area contributed by atoms with E-state index >= 15 is 0 Å². The molecule has 1 amide bonds. The largest absolute Gasteiger partial charge is 0.340 e. The SMILES string of the molecule is Cc1nc(CC(=O)Nc2ccc(Cl)c(Cl)c2)no1. The van der Waals surface area contributed by atoms with E-state index in [1.54, 1.807) is 25.1 Å². The number of nitrogens with zero attached hydrogens (tertiary/aromatic N) is 2. The number of hydrogen-bond donors (Lipinski definition) is 1. The first kappa shape index (κ1) is 12.9. The van der Waals surface area contributed by atoms with Gasteiger partial charge in [-0.1, -0.05) is 28.4 Å². The van der Waals surface area contributed by atoms with Crippen LogP contribution in [0.15, 0.2) is 22.7 Å². The van der Waals surface area contributed by atoms with Crippen LogP contribution in [-0.4, -0.2) is 16.0 Å². The fourth-order valence-electron chi connectivity index (χ4n) is 1.34. The molecule has 0 aliphatic rings. The van der Waals surface area contributed by atoms with Gasteiger partial charge in [-0.25, -0.2) is 0 Å². The topological polar surface area (TPSA) is 68.0 Å². The average molecular weight is 286 g/mol. The Kier molecular flexibility index (Phi) is 3.84. The summed E-state index contributed by atoms with van der Waals surface area (Å²) in [4.78, 5) is 15.6. The zero-order valence-electron chi connectivity index (χ0n) is 9.41. The van der Waals surface area contributed by atoms with Crippen molar-refractivity contribution >= 4 is 34.8 Å². The van der Waals surface area contributed by atoms with E-state index in [1.165, 1.54) is 0 Å². The van der Waals surface area contributed by atoms with Crippen LogP contribution in [0.2, 0.25) is 10.0 Å². The number of aryl methyl sites for hydroxylation is 1. The highest BCUT2D eigenvalue weighted by atomic mass is 35.5. The van der Waals surface area contributed by atoms with Crippen LogP contribution >= 0.6 is 23.2 Å². The molecule has 0 saturated carbocycles. The maximum absolute atomic E-state index is 11.7. The minimum atomic E-state index is -0.255. The average Bonchev–Trinajstić information content (AvgIpc) is 2.69. The predicted molar refractivity (Wildman–Crippen MR) is 67.8 cm³/mol. The molecule has 0 radical (unpaired) electrons. The lowest BCUT2D eigenvalue weighted by Gasteiger charge is -2.04. The first-order valence-corrected chi connectivity index (χ1v) is 5.84. The van der Waals surface area contributed by atoms with Crippen LogP contribution in [0, 0.1) is 6.92 Å². The van der Waals surface area contributed by atoms with Gasteiger partial charge in [0.15, 0.2) is 5.82 Å². The molecule has 0 spiro atoms. The molecule has 0 fully saturated rings. The highest BCUT2D eigenvalue weighted by molar-refractivity contribution is 6.42. The minimum Gasteiger partial charge on any atom is -0.340 e. The highest BCUT2D eigenvalue weighted by Gasteiger charge is 2.10. The Bertz CT molecular complexity index is 583. The Morgan fingerprint density at radius 2 is 2.17 bits per heavy atom. The number of nitrogens with one attached hydrogen (secondary N) is 1. The van der Waals surface area contributed by atoms with Crippen LogP contribution in [0.5, 0.6) is 0 Å². The number of hydrogen-bond acceptors (Lipinski definition) is 4. The first-order valence-electron chi connectivity index (χ1n) is 5.08.